The highest BCUT2D eigenvalue weighted by Crippen LogP contribution is 2.17. The third kappa shape index (κ3) is 6.77. The highest BCUT2D eigenvalue weighted by atomic mass is 16.5. The summed E-state index contributed by atoms with van der Waals surface area (Å²) in [4.78, 5) is 24.2. The molecule has 2 aromatic rings. The Morgan fingerprint density at radius 3 is 2.11 bits per heavy atom. The van der Waals surface area contributed by atoms with E-state index in [2.05, 4.69) is 6.92 Å². The van der Waals surface area contributed by atoms with E-state index >= 15 is 0 Å². The van der Waals surface area contributed by atoms with Gasteiger partial charge in [-0.05, 0) is 68.3 Å². The number of carbonyl (C=O) groups is 2. The van der Waals surface area contributed by atoms with Gasteiger partial charge >= 0.3 is 11.9 Å². The van der Waals surface area contributed by atoms with E-state index in [0.717, 1.165) is 19.3 Å². The van der Waals surface area contributed by atoms with Gasteiger partial charge in [0.25, 0.3) is 0 Å². The second-order valence-electron chi connectivity index (χ2n) is 6.53. The molecule has 0 radical (unpaired) electrons. The van der Waals surface area contributed by atoms with Crippen molar-refractivity contribution < 1.29 is 24.2 Å². The number of unbranched alkanes of at least 4 members (excludes halogenated alkanes) is 3. The Hall–Kier alpha value is -2.82. The molecule has 0 saturated carbocycles. The lowest BCUT2D eigenvalue weighted by Crippen LogP contribution is -2.15. The molecule has 0 aromatic heterocycles. The summed E-state index contributed by atoms with van der Waals surface area (Å²) in [6.45, 7) is 4.06. The van der Waals surface area contributed by atoms with Gasteiger partial charge in [0.05, 0.1) is 17.2 Å². The average Bonchev–Trinajstić information content (AvgIpc) is 2.66. The Bertz CT molecular complexity index is 734. The summed E-state index contributed by atoms with van der Waals surface area (Å²) >= 11 is 0. The predicted molar refractivity (Wildman–Crippen MR) is 103 cm³/mol. The van der Waals surface area contributed by atoms with E-state index in [-0.39, 0.29) is 17.8 Å². The van der Waals surface area contributed by atoms with Crippen LogP contribution in [0.2, 0.25) is 0 Å². The lowest BCUT2D eigenvalue weighted by Gasteiger charge is -2.13. The Kier molecular flexibility index (Phi) is 7.86. The van der Waals surface area contributed by atoms with Crippen LogP contribution in [0.1, 0.15) is 66.7 Å². The van der Waals surface area contributed by atoms with Gasteiger partial charge in [0.1, 0.15) is 11.5 Å². The zero-order valence-corrected chi connectivity index (χ0v) is 15.8. The normalized spacial score (nSPS) is 11.6. The van der Waals surface area contributed by atoms with Crippen molar-refractivity contribution in [1.29, 1.82) is 0 Å². The summed E-state index contributed by atoms with van der Waals surface area (Å²) in [5.74, 6) is -0.508. The maximum Gasteiger partial charge on any atom is 0.343 e. The van der Waals surface area contributed by atoms with Gasteiger partial charge in [0, 0.05) is 0 Å². The first-order valence-corrected chi connectivity index (χ1v) is 9.32. The first-order valence-electron chi connectivity index (χ1n) is 9.32. The average molecular weight is 370 g/mol. The van der Waals surface area contributed by atoms with Crippen molar-refractivity contribution >= 4 is 11.9 Å². The Morgan fingerprint density at radius 1 is 0.889 bits per heavy atom. The molecule has 2 rings (SSSR count). The first kappa shape index (κ1) is 20.5. The third-order valence-electron chi connectivity index (χ3n) is 4.18. The summed E-state index contributed by atoms with van der Waals surface area (Å²) in [5.41, 5.74) is 0.744. The molecule has 0 aliphatic carbocycles. The fraction of sp³-hybridized carbons (Fsp3) is 0.364. The van der Waals surface area contributed by atoms with E-state index in [9.17, 15) is 14.7 Å². The third-order valence-corrected chi connectivity index (χ3v) is 4.18. The molecule has 0 unspecified atom stereocenters. The summed E-state index contributed by atoms with van der Waals surface area (Å²) in [6, 6.07) is 12.0. The number of hydrogen-bond donors (Lipinski definition) is 1. The zero-order valence-electron chi connectivity index (χ0n) is 15.8. The van der Waals surface area contributed by atoms with Crippen LogP contribution in [0.15, 0.2) is 48.5 Å². The molecule has 27 heavy (non-hydrogen) atoms. The second kappa shape index (κ2) is 10.4. The van der Waals surface area contributed by atoms with Crippen molar-refractivity contribution in [2.24, 2.45) is 0 Å². The van der Waals surface area contributed by atoms with Gasteiger partial charge in [-0.25, -0.2) is 9.59 Å². The lowest BCUT2D eigenvalue weighted by molar-refractivity contribution is 0.0319. The van der Waals surface area contributed by atoms with Crippen molar-refractivity contribution in [1.82, 2.24) is 0 Å². The largest absolute Gasteiger partial charge is 0.508 e. The van der Waals surface area contributed by atoms with Crippen LogP contribution < -0.4 is 4.74 Å². The van der Waals surface area contributed by atoms with Crippen LogP contribution >= 0.6 is 0 Å². The number of phenolic OH excluding ortho intramolecular Hbond substituents is 1. The highest BCUT2D eigenvalue weighted by Gasteiger charge is 2.13. The number of ether oxygens (including phenoxy) is 2. The van der Waals surface area contributed by atoms with E-state index in [1.54, 1.807) is 24.3 Å². The van der Waals surface area contributed by atoms with Crippen LogP contribution in [0.5, 0.6) is 11.5 Å². The minimum absolute atomic E-state index is 0.0778. The molecule has 0 bridgehead atoms. The molecule has 144 valence electrons. The van der Waals surface area contributed by atoms with Crippen molar-refractivity contribution in [3.63, 3.8) is 0 Å². The molecule has 0 aliphatic rings. The number of phenols is 1. The molecule has 0 aliphatic heterocycles. The van der Waals surface area contributed by atoms with Crippen LogP contribution in [0.25, 0.3) is 0 Å². The summed E-state index contributed by atoms with van der Waals surface area (Å²) in [6.07, 6.45) is 5.31. The minimum Gasteiger partial charge on any atom is -0.508 e. The monoisotopic (exact) mass is 370 g/mol. The fourth-order valence-corrected chi connectivity index (χ4v) is 2.59. The second-order valence-corrected chi connectivity index (χ2v) is 6.53. The van der Waals surface area contributed by atoms with Gasteiger partial charge in [-0.15, -0.1) is 0 Å². The summed E-state index contributed by atoms with van der Waals surface area (Å²) in [5, 5.41) is 9.25. The number of benzene rings is 2. The molecule has 0 saturated heterocycles. The van der Waals surface area contributed by atoms with E-state index < -0.39 is 5.97 Å². The Labute approximate surface area is 159 Å². The fourth-order valence-electron chi connectivity index (χ4n) is 2.59. The van der Waals surface area contributed by atoms with E-state index in [1.165, 1.54) is 37.1 Å². The smallest absolute Gasteiger partial charge is 0.343 e. The molecule has 0 heterocycles. The van der Waals surface area contributed by atoms with Gasteiger partial charge in [-0.3, -0.25) is 0 Å². The lowest BCUT2D eigenvalue weighted by atomic mass is 10.1. The quantitative estimate of drug-likeness (QED) is 0.376. The van der Waals surface area contributed by atoms with Gasteiger partial charge in [-0.2, -0.15) is 0 Å². The molecule has 5 heteroatoms. The molecule has 0 amide bonds. The number of rotatable bonds is 9. The van der Waals surface area contributed by atoms with Crippen molar-refractivity contribution in [3.8, 4) is 11.5 Å². The molecule has 0 spiro atoms. The maximum absolute atomic E-state index is 12.2. The first-order chi connectivity index (χ1) is 13.0. The predicted octanol–water partition coefficient (Wildman–Crippen LogP) is 5.13. The van der Waals surface area contributed by atoms with Gasteiger partial charge < -0.3 is 14.6 Å². The SMILES string of the molecule is CCCCCC[C@@H](C)OC(=O)c1ccc(OC(=O)c2ccc(O)cc2)cc1. The number of aromatic hydroxyl groups is 1. The van der Waals surface area contributed by atoms with Crippen molar-refractivity contribution in [2.75, 3.05) is 0 Å². The molecule has 5 nitrogen and oxygen atoms in total. The summed E-state index contributed by atoms with van der Waals surface area (Å²) in [7, 11) is 0. The topological polar surface area (TPSA) is 72.8 Å². The standard InChI is InChI=1S/C22H26O5/c1-3-4-5-6-7-16(2)26-21(24)18-10-14-20(15-11-18)27-22(25)17-8-12-19(23)13-9-17/h8-16,23H,3-7H2,1-2H3/t16-/m1/s1. The zero-order chi connectivity index (χ0) is 19.6. The Balaban J connectivity index is 1.85. The van der Waals surface area contributed by atoms with Gasteiger partial charge in [-0.1, -0.05) is 26.2 Å². The van der Waals surface area contributed by atoms with Crippen LogP contribution in [0.3, 0.4) is 0 Å². The Morgan fingerprint density at radius 2 is 1.48 bits per heavy atom. The number of hydrogen-bond acceptors (Lipinski definition) is 5. The van der Waals surface area contributed by atoms with Crippen molar-refractivity contribution in [2.45, 2.75) is 52.1 Å². The molecule has 2 aromatic carbocycles. The molecular weight excluding hydrogens is 344 g/mol. The minimum atomic E-state index is -0.536. The van der Waals surface area contributed by atoms with Crippen LogP contribution in [-0.4, -0.2) is 23.1 Å². The van der Waals surface area contributed by atoms with Crippen LogP contribution in [0, 0.1) is 0 Å². The van der Waals surface area contributed by atoms with E-state index in [4.69, 9.17) is 9.47 Å². The van der Waals surface area contributed by atoms with E-state index in [0.29, 0.717) is 16.9 Å². The maximum atomic E-state index is 12.2. The molecule has 1 atom stereocenters. The van der Waals surface area contributed by atoms with Gasteiger partial charge in [0.2, 0.25) is 0 Å². The number of carbonyl (C=O) groups excluding carboxylic acids is 2. The van der Waals surface area contributed by atoms with Crippen molar-refractivity contribution in [3.05, 3.63) is 59.7 Å². The van der Waals surface area contributed by atoms with E-state index in [1.807, 2.05) is 6.92 Å². The molecule has 1 N–H and O–H groups in total. The van der Waals surface area contributed by atoms with Crippen LogP contribution in [0.4, 0.5) is 0 Å². The molecular formula is C22H26O5. The highest BCUT2D eigenvalue weighted by molar-refractivity contribution is 5.92. The summed E-state index contributed by atoms with van der Waals surface area (Å²) < 4.78 is 10.7. The number of esters is 2. The molecule has 0 fully saturated rings. The van der Waals surface area contributed by atoms with Crippen LogP contribution in [-0.2, 0) is 4.74 Å². The van der Waals surface area contributed by atoms with Gasteiger partial charge in [0.15, 0.2) is 0 Å².